The third-order valence-corrected chi connectivity index (χ3v) is 16.9. The van der Waals surface area contributed by atoms with Gasteiger partial charge in [0, 0.05) is 33.9 Å². The van der Waals surface area contributed by atoms with Crippen molar-refractivity contribution in [2.24, 2.45) is 0 Å². The van der Waals surface area contributed by atoms with Crippen LogP contribution in [0.2, 0.25) is 0 Å². The summed E-state index contributed by atoms with van der Waals surface area (Å²) < 4.78 is 20.1. The predicted octanol–water partition coefficient (Wildman–Crippen LogP) is 12.0. The van der Waals surface area contributed by atoms with E-state index in [2.05, 4.69) is 217 Å². The van der Waals surface area contributed by atoms with Gasteiger partial charge < -0.3 is 18.8 Å². The first kappa shape index (κ1) is 33.5. The number of ether oxygens (including phenoxy) is 2. The van der Waals surface area contributed by atoms with Crippen LogP contribution in [-0.2, 0) is 0 Å². The van der Waals surface area contributed by atoms with E-state index in [-0.39, 0.29) is 0 Å². The summed E-state index contributed by atoms with van der Waals surface area (Å²) in [6.45, 7) is 0. The van der Waals surface area contributed by atoms with Crippen LogP contribution < -0.4 is 35.1 Å². The van der Waals surface area contributed by atoms with Crippen molar-refractivity contribution in [3.63, 3.8) is 0 Å². The Morgan fingerprint density at radius 3 is 1.39 bits per heavy atom. The maximum atomic E-state index is 6.76. The van der Waals surface area contributed by atoms with Gasteiger partial charge in [0.2, 0.25) is 0 Å². The fourth-order valence-electron chi connectivity index (χ4n) is 9.34. The molecule has 12 rings (SSSR count). The molecule has 278 valence electrons. The predicted molar refractivity (Wildman–Crippen MR) is 243 cm³/mol. The molecule has 1 aromatic heterocycles. The second-order valence-electron chi connectivity index (χ2n) is 15.2. The van der Waals surface area contributed by atoms with E-state index in [4.69, 9.17) is 13.9 Å². The van der Waals surface area contributed by atoms with Crippen molar-refractivity contribution < 1.29 is 13.9 Å². The van der Waals surface area contributed by atoms with Gasteiger partial charge in [0.05, 0.1) is 0 Å². The lowest BCUT2D eigenvalue weighted by Gasteiger charge is -2.43. The highest BCUT2D eigenvalue weighted by Gasteiger charge is 2.53. The number of para-hydroxylation sites is 4. The third-order valence-electron chi connectivity index (χ3n) is 12.0. The topological polar surface area (TPSA) is 34.8 Å². The minimum absolute atomic E-state index is 0.841. The Kier molecular flexibility index (Phi) is 7.52. The number of nitrogens with zero attached hydrogens (tertiary/aromatic N) is 1. The average Bonchev–Trinajstić information content (AvgIpc) is 3.67. The lowest BCUT2D eigenvalue weighted by molar-refractivity contribution is 0.481. The Labute approximate surface area is 342 Å². The first-order chi connectivity index (χ1) is 29.2. The van der Waals surface area contributed by atoms with E-state index in [0.717, 1.165) is 73.1 Å². The van der Waals surface area contributed by atoms with Crippen LogP contribution in [0.15, 0.2) is 217 Å². The Morgan fingerprint density at radius 2 is 0.746 bits per heavy atom. The van der Waals surface area contributed by atoms with Gasteiger partial charge in [-0.25, -0.2) is 0 Å². The molecule has 3 heterocycles. The molecule has 59 heavy (non-hydrogen) atoms. The van der Waals surface area contributed by atoms with Crippen LogP contribution in [-0.4, -0.2) is 8.07 Å². The van der Waals surface area contributed by atoms with Gasteiger partial charge >= 0.3 is 0 Å². The molecule has 0 unspecified atom stereocenters. The Hall–Kier alpha value is -7.60. The van der Waals surface area contributed by atoms with E-state index in [9.17, 15) is 0 Å². The Balaban J connectivity index is 0.974. The van der Waals surface area contributed by atoms with Crippen molar-refractivity contribution in [1.29, 1.82) is 0 Å². The van der Waals surface area contributed by atoms with Crippen LogP contribution >= 0.6 is 0 Å². The molecule has 0 amide bonds. The lowest BCUT2D eigenvalue weighted by atomic mass is 10.0. The van der Waals surface area contributed by atoms with Crippen LogP contribution in [0.25, 0.3) is 44.2 Å². The zero-order valence-corrected chi connectivity index (χ0v) is 32.9. The van der Waals surface area contributed by atoms with Crippen LogP contribution in [0, 0.1) is 0 Å². The van der Waals surface area contributed by atoms with Crippen molar-refractivity contribution >= 4 is 67.8 Å². The summed E-state index contributed by atoms with van der Waals surface area (Å²) in [5.74, 6) is 3.61. The second kappa shape index (κ2) is 13.2. The molecule has 10 aromatic rings. The van der Waals surface area contributed by atoms with Crippen molar-refractivity contribution in [2.75, 3.05) is 4.90 Å². The van der Waals surface area contributed by atoms with Gasteiger partial charge in [0.1, 0.15) is 34.2 Å². The van der Waals surface area contributed by atoms with Crippen molar-refractivity contribution in [1.82, 2.24) is 0 Å². The lowest BCUT2D eigenvalue weighted by Crippen LogP contribution is -2.77. The van der Waals surface area contributed by atoms with E-state index >= 15 is 0 Å². The Morgan fingerprint density at radius 1 is 0.305 bits per heavy atom. The van der Waals surface area contributed by atoms with Crippen LogP contribution in [0.5, 0.6) is 23.0 Å². The maximum Gasteiger partial charge on any atom is 0.196 e. The molecule has 1 spiro atoms. The summed E-state index contributed by atoms with van der Waals surface area (Å²) in [4.78, 5) is 2.28. The standard InChI is InChI=1S/C54H35NO3Si/c1-3-13-36(14-4-1)37-23-27-41(28-24-37)55(40-15-5-2-6-16-40)42-29-31-44-43-30-25-38(33-49(43)58-50(44)35-42)39-26-32-48-54(34-39)59(53-22-12-9-19-47(53)57-48)51-20-10-7-17-45(51)56-46-18-8-11-21-52(46)59/h1-35H. The van der Waals surface area contributed by atoms with Gasteiger partial charge in [-0.2, -0.15) is 0 Å². The number of hydrogen-bond acceptors (Lipinski definition) is 4. The number of hydrogen-bond donors (Lipinski definition) is 0. The average molecular weight is 774 g/mol. The van der Waals surface area contributed by atoms with Gasteiger partial charge in [-0.1, -0.05) is 133 Å². The van der Waals surface area contributed by atoms with Gasteiger partial charge in [-0.3, -0.25) is 0 Å². The smallest absolute Gasteiger partial charge is 0.196 e. The zero-order chi connectivity index (χ0) is 38.9. The summed E-state index contributed by atoms with van der Waals surface area (Å²) in [5, 5.41) is 7.07. The normalized spacial score (nSPS) is 13.2. The number of fused-ring (bicyclic) bond motifs is 11. The highest BCUT2D eigenvalue weighted by Crippen LogP contribution is 2.41. The molecule has 0 fully saturated rings. The van der Waals surface area contributed by atoms with Crippen LogP contribution in [0.3, 0.4) is 0 Å². The summed E-state index contributed by atoms with van der Waals surface area (Å²) in [6.07, 6.45) is 0. The van der Waals surface area contributed by atoms with E-state index in [1.807, 2.05) is 0 Å². The summed E-state index contributed by atoms with van der Waals surface area (Å²) >= 11 is 0. The molecule has 0 saturated carbocycles. The number of furan rings is 1. The molecule has 9 aromatic carbocycles. The van der Waals surface area contributed by atoms with Crippen LogP contribution in [0.4, 0.5) is 17.1 Å². The second-order valence-corrected chi connectivity index (χ2v) is 18.9. The van der Waals surface area contributed by atoms with E-state index in [0.29, 0.717) is 0 Å². The quantitative estimate of drug-likeness (QED) is 0.163. The fraction of sp³-hybridized carbons (Fsp3) is 0. The maximum absolute atomic E-state index is 6.76. The molecule has 2 aliphatic rings. The molecule has 0 bridgehead atoms. The molecule has 5 heteroatoms. The molecule has 0 radical (unpaired) electrons. The van der Waals surface area contributed by atoms with E-state index in [1.54, 1.807) is 0 Å². The molecule has 0 aliphatic carbocycles. The highest BCUT2D eigenvalue weighted by atomic mass is 28.3. The SMILES string of the molecule is c1ccc(-c2ccc(N(c3ccccc3)c3ccc4c(c3)oc3cc(-c5ccc6c(c5)[Si]5(c7ccccc7Oc7ccccc75)c5ccccc5O6)ccc34)cc2)cc1. The minimum Gasteiger partial charge on any atom is -0.458 e. The number of rotatable bonds is 5. The summed E-state index contributed by atoms with van der Waals surface area (Å²) in [5.41, 5.74) is 9.44. The van der Waals surface area contributed by atoms with E-state index < -0.39 is 8.07 Å². The van der Waals surface area contributed by atoms with Crippen molar-refractivity contribution in [3.8, 4) is 45.3 Å². The van der Waals surface area contributed by atoms with E-state index in [1.165, 1.54) is 31.9 Å². The number of anilines is 3. The monoisotopic (exact) mass is 773 g/mol. The van der Waals surface area contributed by atoms with Crippen molar-refractivity contribution in [2.45, 2.75) is 0 Å². The molecular weight excluding hydrogens is 739 g/mol. The first-order valence-corrected chi connectivity index (χ1v) is 22.0. The van der Waals surface area contributed by atoms with Gasteiger partial charge in [-0.05, 0) is 116 Å². The third kappa shape index (κ3) is 5.22. The molecule has 0 atom stereocenters. The molecule has 0 saturated heterocycles. The Bertz CT molecular complexity index is 3130. The van der Waals surface area contributed by atoms with Gasteiger partial charge in [-0.15, -0.1) is 0 Å². The van der Waals surface area contributed by atoms with Gasteiger partial charge in [0.25, 0.3) is 0 Å². The first-order valence-electron chi connectivity index (χ1n) is 20.0. The number of benzene rings is 9. The van der Waals surface area contributed by atoms with Crippen LogP contribution in [0.1, 0.15) is 0 Å². The fourth-order valence-corrected chi connectivity index (χ4v) is 14.5. The summed E-state index contributed by atoms with van der Waals surface area (Å²) in [6, 6.07) is 75.2. The zero-order valence-electron chi connectivity index (χ0n) is 31.9. The molecular formula is C54H35NO3Si. The van der Waals surface area contributed by atoms with Crippen molar-refractivity contribution in [3.05, 3.63) is 212 Å². The largest absolute Gasteiger partial charge is 0.458 e. The highest BCUT2D eigenvalue weighted by molar-refractivity contribution is 7.21. The minimum atomic E-state index is -2.87. The summed E-state index contributed by atoms with van der Waals surface area (Å²) in [7, 11) is -2.87. The molecule has 0 N–H and O–H groups in total. The van der Waals surface area contributed by atoms with Gasteiger partial charge in [0.15, 0.2) is 8.07 Å². The molecule has 4 nitrogen and oxygen atoms in total. The molecule has 2 aliphatic heterocycles.